The minimum Gasteiger partial charge on any atom is -0.306 e. The molecule has 0 bridgehead atoms. The minimum atomic E-state index is -0.454. The van der Waals surface area contributed by atoms with Gasteiger partial charge in [0.25, 0.3) is 5.56 Å². The Balaban J connectivity index is 1.82. The van der Waals surface area contributed by atoms with Crippen LogP contribution in [-0.2, 0) is 0 Å². The zero-order valence-electron chi connectivity index (χ0n) is 13.7. The van der Waals surface area contributed by atoms with Crippen molar-refractivity contribution in [3.63, 3.8) is 0 Å². The molecule has 132 valence electrons. The molecule has 0 atom stereocenters. The molecule has 3 aromatic heterocycles. The third-order valence-corrected chi connectivity index (χ3v) is 6.79. The van der Waals surface area contributed by atoms with Crippen LogP contribution in [-0.4, -0.2) is 9.55 Å². The van der Waals surface area contributed by atoms with E-state index in [0.29, 0.717) is 20.2 Å². The molecule has 3 heterocycles. The summed E-state index contributed by atoms with van der Waals surface area (Å²) in [5.74, 6) is 0. The predicted molar refractivity (Wildman–Crippen MR) is 114 cm³/mol. The van der Waals surface area contributed by atoms with Gasteiger partial charge in [0.05, 0.1) is 11.2 Å². The molecule has 0 aliphatic carbocycles. The first-order valence-electron chi connectivity index (χ1n) is 8.14. The third-order valence-electron chi connectivity index (χ3n) is 4.47. The van der Waals surface area contributed by atoms with Crippen LogP contribution in [0, 0.1) is 0 Å². The van der Waals surface area contributed by atoms with E-state index in [1.165, 1.54) is 27.2 Å². The number of fused-ring (bicyclic) bond motifs is 2. The number of H-pyrrole nitrogens is 1. The minimum absolute atomic E-state index is 0.326. The number of nitrogens with zero attached hydrogens (tertiary/aromatic N) is 1. The standard InChI is InChI=1S/C20H11ClN2O2S2/c21-18-13(8-9-26-18)16-10-14-17(27-16)19(24)23(20(25)22-14)15-7-3-5-11-4-1-2-6-12(11)15/h1-10H,(H,22,25). The first kappa shape index (κ1) is 16.5. The van der Waals surface area contributed by atoms with Crippen molar-refractivity contribution in [2.24, 2.45) is 0 Å². The molecular weight excluding hydrogens is 400 g/mol. The lowest BCUT2D eigenvalue weighted by Gasteiger charge is -2.08. The Morgan fingerprint density at radius 3 is 2.63 bits per heavy atom. The zero-order chi connectivity index (χ0) is 18.5. The van der Waals surface area contributed by atoms with Gasteiger partial charge in [-0.25, -0.2) is 9.36 Å². The van der Waals surface area contributed by atoms with E-state index in [9.17, 15) is 9.59 Å². The van der Waals surface area contributed by atoms with Crippen molar-refractivity contribution >= 4 is 55.3 Å². The molecule has 7 heteroatoms. The number of hydrogen-bond acceptors (Lipinski definition) is 4. The summed E-state index contributed by atoms with van der Waals surface area (Å²) >= 11 is 9.01. The van der Waals surface area contributed by atoms with E-state index in [1.807, 2.05) is 53.9 Å². The second-order valence-corrected chi connectivity index (χ2v) is 8.60. The lowest BCUT2D eigenvalue weighted by Crippen LogP contribution is -2.33. The van der Waals surface area contributed by atoms with Gasteiger partial charge in [-0.15, -0.1) is 22.7 Å². The average molecular weight is 411 g/mol. The molecule has 0 fully saturated rings. The molecule has 0 saturated carbocycles. The largest absolute Gasteiger partial charge is 0.333 e. The van der Waals surface area contributed by atoms with Crippen molar-refractivity contribution < 1.29 is 0 Å². The molecule has 2 aromatic carbocycles. The number of benzene rings is 2. The van der Waals surface area contributed by atoms with Crippen LogP contribution >= 0.6 is 34.3 Å². The number of nitrogens with one attached hydrogen (secondary N) is 1. The van der Waals surface area contributed by atoms with Gasteiger partial charge in [0.1, 0.15) is 9.04 Å². The summed E-state index contributed by atoms with van der Waals surface area (Å²) in [5.41, 5.74) is 1.20. The van der Waals surface area contributed by atoms with Crippen LogP contribution in [0.3, 0.4) is 0 Å². The smallest absolute Gasteiger partial charge is 0.306 e. The van der Waals surface area contributed by atoms with E-state index in [4.69, 9.17) is 11.6 Å². The molecule has 0 radical (unpaired) electrons. The Hall–Kier alpha value is -2.67. The van der Waals surface area contributed by atoms with Crippen LogP contribution in [0.2, 0.25) is 4.34 Å². The number of hydrogen-bond donors (Lipinski definition) is 1. The maximum absolute atomic E-state index is 13.2. The van der Waals surface area contributed by atoms with Crippen molar-refractivity contribution in [2.75, 3.05) is 0 Å². The lowest BCUT2D eigenvalue weighted by atomic mass is 10.1. The van der Waals surface area contributed by atoms with Crippen molar-refractivity contribution in [1.82, 2.24) is 9.55 Å². The van der Waals surface area contributed by atoms with Gasteiger partial charge in [-0.05, 0) is 29.0 Å². The maximum Gasteiger partial charge on any atom is 0.333 e. The van der Waals surface area contributed by atoms with E-state index in [0.717, 1.165) is 21.2 Å². The highest BCUT2D eigenvalue weighted by Crippen LogP contribution is 2.38. The molecule has 5 aromatic rings. The van der Waals surface area contributed by atoms with E-state index in [1.54, 1.807) is 6.07 Å². The summed E-state index contributed by atoms with van der Waals surface area (Å²) in [5, 5.41) is 3.72. The number of thiophene rings is 2. The Labute approximate surface area is 165 Å². The van der Waals surface area contributed by atoms with Crippen LogP contribution in [0.5, 0.6) is 0 Å². The Morgan fingerprint density at radius 2 is 1.81 bits per heavy atom. The SMILES string of the molecule is O=c1[nH]c2cc(-c3ccsc3Cl)sc2c(=O)n1-c1cccc2ccccc12. The van der Waals surface area contributed by atoms with E-state index >= 15 is 0 Å². The third kappa shape index (κ3) is 2.56. The first-order chi connectivity index (χ1) is 13.1. The highest BCUT2D eigenvalue weighted by atomic mass is 35.5. The zero-order valence-corrected chi connectivity index (χ0v) is 16.1. The highest BCUT2D eigenvalue weighted by Gasteiger charge is 2.16. The number of rotatable bonds is 2. The Kier molecular flexibility index (Phi) is 3.79. The van der Waals surface area contributed by atoms with Crippen LogP contribution in [0.25, 0.3) is 37.1 Å². The van der Waals surface area contributed by atoms with E-state index in [-0.39, 0.29) is 5.56 Å². The van der Waals surface area contributed by atoms with Gasteiger partial charge in [-0.1, -0.05) is 48.0 Å². The van der Waals surface area contributed by atoms with Gasteiger partial charge < -0.3 is 4.98 Å². The van der Waals surface area contributed by atoms with Crippen LogP contribution in [0.4, 0.5) is 0 Å². The molecule has 4 nitrogen and oxygen atoms in total. The average Bonchev–Trinajstić information content (AvgIpc) is 3.28. The van der Waals surface area contributed by atoms with Crippen LogP contribution in [0.1, 0.15) is 0 Å². The van der Waals surface area contributed by atoms with Gasteiger partial charge in [-0.3, -0.25) is 4.79 Å². The molecule has 0 saturated heterocycles. The van der Waals surface area contributed by atoms with Crippen LogP contribution in [0.15, 0.2) is 69.6 Å². The summed E-state index contributed by atoms with van der Waals surface area (Å²) in [7, 11) is 0. The van der Waals surface area contributed by atoms with Crippen LogP contribution < -0.4 is 11.2 Å². The van der Waals surface area contributed by atoms with Crippen molar-refractivity contribution in [3.8, 4) is 16.1 Å². The quantitative estimate of drug-likeness (QED) is 0.430. The molecule has 5 rings (SSSR count). The fourth-order valence-corrected chi connectivity index (χ4v) is 5.38. The monoisotopic (exact) mass is 410 g/mol. The molecule has 0 aliphatic heterocycles. The topological polar surface area (TPSA) is 54.9 Å². The fourth-order valence-electron chi connectivity index (χ4n) is 3.23. The van der Waals surface area contributed by atoms with Gasteiger partial charge in [0, 0.05) is 15.8 Å². The number of aromatic amines is 1. The second kappa shape index (κ2) is 6.20. The summed E-state index contributed by atoms with van der Waals surface area (Å²) < 4.78 is 2.37. The van der Waals surface area contributed by atoms with Gasteiger partial charge >= 0.3 is 5.69 Å². The normalized spacial score (nSPS) is 11.4. The summed E-state index contributed by atoms with van der Waals surface area (Å²) in [6, 6.07) is 17.0. The van der Waals surface area contributed by atoms with Crippen molar-refractivity contribution in [2.45, 2.75) is 0 Å². The molecule has 0 unspecified atom stereocenters. The molecular formula is C20H11ClN2O2S2. The number of halogens is 1. The van der Waals surface area contributed by atoms with Gasteiger partial charge in [0.2, 0.25) is 0 Å². The second-order valence-electron chi connectivity index (χ2n) is 6.03. The number of aromatic nitrogens is 2. The Morgan fingerprint density at radius 1 is 1.00 bits per heavy atom. The summed E-state index contributed by atoms with van der Waals surface area (Å²) in [4.78, 5) is 29.6. The van der Waals surface area contributed by atoms with Gasteiger partial charge in [-0.2, -0.15) is 0 Å². The van der Waals surface area contributed by atoms with Gasteiger partial charge in [0.15, 0.2) is 0 Å². The van der Waals surface area contributed by atoms with Crippen molar-refractivity contribution in [3.05, 3.63) is 85.2 Å². The fraction of sp³-hybridized carbons (Fsp3) is 0. The molecule has 0 aliphatic rings. The summed E-state index contributed by atoms with van der Waals surface area (Å²) in [6.45, 7) is 0. The summed E-state index contributed by atoms with van der Waals surface area (Å²) in [6.07, 6.45) is 0. The van der Waals surface area contributed by atoms with E-state index < -0.39 is 5.69 Å². The Bertz CT molecular complexity index is 1440. The van der Waals surface area contributed by atoms with E-state index in [2.05, 4.69) is 4.98 Å². The first-order valence-corrected chi connectivity index (χ1v) is 10.2. The molecule has 0 spiro atoms. The molecule has 27 heavy (non-hydrogen) atoms. The maximum atomic E-state index is 13.2. The molecule has 1 N–H and O–H groups in total. The highest BCUT2D eigenvalue weighted by molar-refractivity contribution is 7.23. The molecule has 0 amide bonds. The van der Waals surface area contributed by atoms with Crippen molar-refractivity contribution in [1.29, 1.82) is 0 Å². The lowest BCUT2D eigenvalue weighted by molar-refractivity contribution is 0.911. The predicted octanol–water partition coefficient (Wildman–Crippen LogP) is 5.28.